The highest BCUT2D eigenvalue weighted by Gasteiger charge is 2.30. The number of aromatic nitrogens is 1. The fraction of sp³-hybridized carbons (Fsp3) is 0.154. The van der Waals surface area contributed by atoms with Crippen molar-refractivity contribution in [1.29, 1.82) is 0 Å². The Morgan fingerprint density at radius 1 is 1.20 bits per heavy atom. The Bertz CT molecular complexity index is 602. The Kier molecular flexibility index (Phi) is 4.57. The smallest absolute Gasteiger partial charge is 0.392 e. The minimum atomic E-state index is -4.40. The Morgan fingerprint density at radius 3 is 2.50 bits per heavy atom. The molecule has 0 saturated carbocycles. The van der Waals surface area contributed by atoms with Gasteiger partial charge >= 0.3 is 6.18 Å². The minimum absolute atomic E-state index is 0.247. The van der Waals surface area contributed by atoms with Gasteiger partial charge in [-0.25, -0.2) is 4.98 Å². The van der Waals surface area contributed by atoms with Gasteiger partial charge in [0.1, 0.15) is 5.03 Å². The van der Waals surface area contributed by atoms with Crippen molar-refractivity contribution in [2.24, 2.45) is 0 Å². The summed E-state index contributed by atoms with van der Waals surface area (Å²) in [5, 5.41) is 10.1. The molecule has 1 aromatic heterocycles. The lowest BCUT2D eigenvalue weighted by Crippen LogP contribution is -2.05. The molecule has 0 saturated heterocycles. The van der Waals surface area contributed by atoms with E-state index in [2.05, 4.69) is 4.98 Å². The van der Waals surface area contributed by atoms with E-state index < -0.39 is 11.7 Å². The van der Waals surface area contributed by atoms with Crippen LogP contribution in [0.15, 0.2) is 46.5 Å². The average molecular weight is 320 g/mol. The zero-order valence-corrected chi connectivity index (χ0v) is 11.6. The zero-order valence-electron chi connectivity index (χ0n) is 9.99. The summed E-state index contributed by atoms with van der Waals surface area (Å²) < 4.78 is 37.3. The molecule has 0 spiro atoms. The number of rotatable bonds is 3. The number of nitrogens with zero attached hydrogens (tertiary/aromatic N) is 1. The highest BCUT2D eigenvalue weighted by Crippen LogP contribution is 2.34. The van der Waals surface area contributed by atoms with Crippen molar-refractivity contribution in [3.8, 4) is 0 Å². The van der Waals surface area contributed by atoms with Gasteiger partial charge < -0.3 is 5.11 Å². The molecule has 0 aliphatic carbocycles. The quantitative estimate of drug-likeness (QED) is 0.910. The van der Waals surface area contributed by atoms with Crippen LogP contribution in [-0.4, -0.2) is 10.1 Å². The van der Waals surface area contributed by atoms with Crippen molar-refractivity contribution < 1.29 is 18.3 Å². The predicted molar refractivity (Wildman–Crippen MR) is 70.7 cm³/mol. The largest absolute Gasteiger partial charge is 0.417 e. The molecular formula is C13H9ClF3NOS. The zero-order chi connectivity index (χ0) is 14.8. The Morgan fingerprint density at radius 2 is 1.95 bits per heavy atom. The van der Waals surface area contributed by atoms with E-state index in [9.17, 15) is 18.3 Å². The Balaban J connectivity index is 2.25. The molecule has 0 atom stereocenters. The van der Waals surface area contributed by atoms with Gasteiger partial charge in [-0.1, -0.05) is 29.4 Å². The van der Waals surface area contributed by atoms with Crippen molar-refractivity contribution in [3.63, 3.8) is 0 Å². The van der Waals surface area contributed by atoms with Gasteiger partial charge in [0, 0.05) is 21.7 Å². The highest BCUT2D eigenvalue weighted by atomic mass is 35.5. The summed E-state index contributed by atoms with van der Waals surface area (Å²) in [6, 6.07) is 7.32. The van der Waals surface area contributed by atoms with Gasteiger partial charge in [-0.3, -0.25) is 0 Å². The number of aliphatic hydroxyl groups is 1. The third-order valence-corrected chi connectivity index (χ3v) is 3.92. The van der Waals surface area contributed by atoms with Crippen LogP contribution in [-0.2, 0) is 12.8 Å². The number of hydrogen-bond donors (Lipinski definition) is 1. The molecule has 0 aliphatic rings. The second kappa shape index (κ2) is 6.03. The maximum absolute atomic E-state index is 12.4. The third-order valence-electron chi connectivity index (χ3n) is 2.51. The van der Waals surface area contributed by atoms with Crippen LogP contribution in [0.25, 0.3) is 0 Å². The lowest BCUT2D eigenvalue weighted by Gasteiger charge is -2.09. The molecule has 2 nitrogen and oxygen atoms in total. The molecule has 0 amide bonds. The molecule has 0 unspecified atom stereocenters. The van der Waals surface area contributed by atoms with Gasteiger partial charge in [0.25, 0.3) is 0 Å². The van der Waals surface area contributed by atoms with Crippen LogP contribution in [0.3, 0.4) is 0 Å². The van der Waals surface area contributed by atoms with Crippen LogP contribution in [0.5, 0.6) is 0 Å². The van der Waals surface area contributed by atoms with Gasteiger partial charge in [0.05, 0.1) is 12.2 Å². The summed E-state index contributed by atoms with van der Waals surface area (Å²) in [5.41, 5.74) is -0.267. The third kappa shape index (κ3) is 3.45. The van der Waals surface area contributed by atoms with Crippen molar-refractivity contribution in [1.82, 2.24) is 4.98 Å². The summed E-state index contributed by atoms with van der Waals surface area (Å²) in [7, 11) is 0. The number of halogens is 4. The molecular weight excluding hydrogens is 311 g/mol. The van der Waals surface area contributed by atoms with Crippen LogP contribution < -0.4 is 0 Å². The fourth-order valence-corrected chi connectivity index (χ4v) is 2.71. The van der Waals surface area contributed by atoms with E-state index in [4.69, 9.17) is 11.6 Å². The first-order chi connectivity index (χ1) is 9.41. The maximum atomic E-state index is 12.4. The number of hydrogen-bond acceptors (Lipinski definition) is 3. The molecule has 106 valence electrons. The first kappa shape index (κ1) is 15.2. The second-order valence-electron chi connectivity index (χ2n) is 3.86. The van der Waals surface area contributed by atoms with Crippen molar-refractivity contribution in [2.45, 2.75) is 22.7 Å². The van der Waals surface area contributed by atoms with E-state index >= 15 is 0 Å². The first-order valence-corrected chi connectivity index (χ1v) is 6.70. The highest BCUT2D eigenvalue weighted by molar-refractivity contribution is 7.99. The molecule has 1 N–H and O–H groups in total. The van der Waals surface area contributed by atoms with Crippen LogP contribution in [0.2, 0.25) is 5.02 Å². The first-order valence-electron chi connectivity index (χ1n) is 5.51. The van der Waals surface area contributed by atoms with Gasteiger partial charge in [-0.2, -0.15) is 13.2 Å². The minimum Gasteiger partial charge on any atom is -0.392 e. The molecule has 2 aromatic rings. The molecule has 7 heteroatoms. The van der Waals surface area contributed by atoms with Crippen molar-refractivity contribution in [3.05, 3.63) is 52.7 Å². The number of pyridine rings is 1. The summed E-state index contributed by atoms with van der Waals surface area (Å²) in [4.78, 5) is 4.42. The molecule has 2 rings (SSSR count). The Hall–Kier alpha value is -1.24. The van der Waals surface area contributed by atoms with Gasteiger partial charge in [0.15, 0.2) is 0 Å². The fourth-order valence-electron chi connectivity index (χ4n) is 1.51. The van der Waals surface area contributed by atoms with Gasteiger partial charge in [-0.05, 0) is 24.3 Å². The summed E-state index contributed by atoms with van der Waals surface area (Å²) in [6.07, 6.45) is -3.62. The van der Waals surface area contributed by atoms with E-state index in [1.165, 1.54) is 6.07 Å². The van der Waals surface area contributed by atoms with Crippen molar-refractivity contribution in [2.75, 3.05) is 0 Å². The monoisotopic (exact) mass is 319 g/mol. The van der Waals surface area contributed by atoms with E-state index in [0.29, 0.717) is 20.5 Å². The molecule has 0 aliphatic heterocycles. The molecule has 1 heterocycles. The number of aliphatic hydroxyl groups excluding tert-OH is 1. The van der Waals surface area contributed by atoms with E-state index in [1.807, 2.05) is 0 Å². The van der Waals surface area contributed by atoms with E-state index in [1.54, 1.807) is 18.2 Å². The molecule has 0 fully saturated rings. The second-order valence-corrected chi connectivity index (χ2v) is 5.33. The van der Waals surface area contributed by atoms with Crippen molar-refractivity contribution >= 4 is 23.4 Å². The molecule has 1 aromatic carbocycles. The molecule has 0 bridgehead atoms. The Labute approximate surface area is 122 Å². The maximum Gasteiger partial charge on any atom is 0.417 e. The number of alkyl halides is 3. The lowest BCUT2D eigenvalue weighted by molar-refractivity contribution is -0.137. The van der Waals surface area contributed by atoms with Gasteiger partial charge in [0.2, 0.25) is 0 Å². The average Bonchev–Trinajstić information content (AvgIpc) is 2.38. The summed E-state index contributed by atoms with van der Waals surface area (Å²) in [6.45, 7) is -0.247. The predicted octanol–water partition coefficient (Wildman–Crippen LogP) is 4.40. The summed E-state index contributed by atoms with van der Waals surface area (Å²) >= 11 is 7.09. The van der Waals surface area contributed by atoms with Crippen LogP contribution in [0.4, 0.5) is 13.2 Å². The molecule has 0 radical (unpaired) electrons. The summed E-state index contributed by atoms with van der Waals surface area (Å²) in [5.74, 6) is 0. The van der Waals surface area contributed by atoms with E-state index in [0.717, 1.165) is 24.0 Å². The van der Waals surface area contributed by atoms with E-state index in [-0.39, 0.29) is 6.61 Å². The normalized spacial score (nSPS) is 11.7. The number of benzene rings is 1. The lowest BCUT2D eigenvalue weighted by atomic mass is 10.2. The van der Waals surface area contributed by atoms with Crippen LogP contribution in [0.1, 0.15) is 11.1 Å². The topological polar surface area (TPSA) is 33.1 Å². The molecule has 20 heavy (non-hydrogen) atoms. The van der Waals surface area contributed by atoms with Crippen LogP contribution >= 0.6 is 23.4 Å². The SMILES string of the molecule is OCc1c(Cl)cccc1Sc1ccc(C(F)(F)F)cn1. The van der Waals surface area contributed by atoms with Gasteiger partial charge in [-0.15, -0.1) is 0 Å². The standard InChI is InChI=1S/C13H9ClF3NOS/c14-10-2-1-3-11(9(10)7-19)20-12-5-4-8(6-18-12)13(15,16)17/h1-6,19H,7H2. The van der Waals surface area contributed by atoms with Crippen LogP contribution in [0, 0.1) is 0 Å².